The Hall–Kier alpha value is -3.17. The van der Waals surface area contributed by atoms with Crippen LogP contribution in [0.15, 0.2) is 42.7 Å². The zero-order valence-electron chi connectivity index (χ0n) is 21.6. The Bertz CT molecular complexity index is 1300. The van der Waals surface area contributed by atoms with Gasteiger partial charge in [-0.15, -0.1) is 0 Å². The Morgan fingerprint density at radius 2 is 2.00 bits per heavy atom. The zero-order valence-corrected chi connectivity index (χ0v) is 22.4. The van der Waals surface area contributed by atoms with Gasteiger partial charge in [0.25, 0.3) is 0 Å². The maximum Gasteiger partial charge on any atom is 0.410 e. The predicted molar refractivity (Wildman–Crippen MR) is 146 cm³/mol. The number of hydrogen-bond donors (Lipinski definition) is 2. The number of aliphatic hydroxyl groups excluding tert-OH is 1. The molecule has 1 amide bonds. The van der Waals surface area contributed by atoms with Crippen LogP contribution in [0.25, 0.3) is 15.8 Å². The van der Waals surface area contributed by atoms with Gasteiger partial charge in [-0.25, -0.2) is 9.78 Å². The molecule has 2 aromatic heterocycles. The highest BCUT2D eigenvalue weighted by Crippen LogP contribution is 2.33. The Kier molecular flexibility index (Phi) is 7.35. The Morgan fingerprint density at radius 1 is 1.16 bits per heavy atom. The van der Waals surface area contributed by atoms with E-state index in [1.165, 1.54) is 0 Å². The minimum atomic E-state index is -0.505. The first-order valence-corrected chi connectivity index (χ1v) is 13.7. The van der Waals surface area contributed by atoms with Crippen molar-refractivity contribution in [2.24, 2.45) is 0 Å². The number of rotatable bonds is 5. The highest BCUT2D eigenvalue weighted by Gasteiger charge is 2.25. The van der Waals surface area contributed by atoms with E-state index < -0.39 is 5.60 Å². The third kappa shape index (κ3) is 6.40. The van der Waals surface area contributed by atoms with Gasteiger partial charge in [-0.05, 0) is 69.4 Å². The lowest BCUT2D eigenvalue weighted by molar-refractivity contribution is 0.0270. The van der Waals surface area contributed by atoms with Gasteiger partial charge >= 0.3 is 6.09 Å². The van der Waals surface area contributed by atoms with Gasteiger partial charge in [0.15, 0.2) is 5.13 Å². The summed E-state index contributed by atoms with van der Waals surface area (Å²) < 4.78 is 12.7. The molecular formula is C28H34N4O4S. The van der Waals surface area contributed by atoms with Crippen LogP contribution in [0.2, 0.25) is 0 Å². The molecule has 196 valence electrons. The molecule has 8 nitrogen and oxygen atoms in total. The fourth-order valence-corrected chi connectivity index (χ4v) is 5.63. The number of aliphatic hydroxyl groups is 1. The summed E-state index contributed by atoms with van der Waals surface area (Å²) in [5.74, 6) is 1.37. The number of hydrogen-bond acceptors (Lipinski definition) is 8. The lowest BCUT2D eigenvalue weighted by Gasteiger charge is -2.29. The van der Waals surface area contributed by atoms with Crippen LogP contribution >= 0.6 is 11.3 Å². The number of pyridine rings is 1. The number of carbonyl (C=O) groups excluding carboxylic acids is 1. The van der Waals surface area contributed by atoms with Crippen molar-refractivity contribution in [3.05, 3.63) is 48.3 Å². The molecule has 0 saturated heterocycles. The van der Waals surface area contributed by atoms with Gasteiger partial charge in [0.2, 0.25) is 0 Å². The van der Waals surface area contributed by atoms with Gasteiger partial charge in [0, 0.05) is 25.4 Å². The Balaban J connectivity index is 1.24. The van der Waals surface area contributed by atoms with E-state index in [1.54, 1.807) is 22.4 Å². The van der Waals surface area contributed by atoms with Gasteiger partial charge in [0.1, 0.15) is 17.1 Å². The van der Waals surface area contributed by atoms with Gasteiger partial charge in [-0.2, -0.15) is 0 Å². The summed E-state index contributed by atoms with van der Waals surface area (Å²) in [4.78, 5) is 23.1. The first kappa shape index (κ1) is 25.5. The number of aromatic nitrogens is 2. The van der Waals surface area contributed by atoms with E-state index in [0.29, 0.717) is 24.6 Å². The third-order valence-electron chi connectivity index (χ3n) is 6.58. The monoisotopic (exact) mass is 522 g/mol. The molecule has 37 heavy (non-hydrogen) atoms. The predicted octanol–water partition coefficient (Wildman–Crippen LogP) is 6.22. The normalized spacial score (nSPS) is 20.4. The van der Waals surface area contributed by atoms with Crippen molar-refractivity contribution >= 4 is 38.4 Å². The molecule has 1 aliphatic carbocycles. The maximum atomic E-state index is 12.3. The third-order valence-corrected chi connectivity index (χ3v) is 7.53. The number of anilines is 1. The smallest absolute Gasteiger partial charge is 0.410 e. The standard InChI is InChI=1S/C28H34N4O4S/c1-28(2,3)36-27(34)32-12-10-18(11-13-32)19-14-21(17-29-16-19)35-20-8-9-23-25(15-20)37-26(31-23)30-22-6-4-5-7-24(22)33/h8-10,14-17,22,24,33H,4-7,11-13H2,1-3H3,(H,30,31)/t22-,24-/m1/s1. The van der Waals surface area contributed by atoms with Crippen molar-refractivity contribution in [3.8, 4) is 11.5 Å². The molecule has 0 bridgehead atoms. The van der Waals surface area contributed by atoms with Crippen molar-refractivity contribution in [2.45, 2.75) is 70.6 Å². The van der Waals surface area contributed by atoms with Crippen molar-refractivity contribution in [1.82, 2.24) is 14.9 Å². The second kappa shape index (κ2) is 10.7. The fourth-order valence-electron chi connectivity index (χ4n) is 4.68. The minimum absolute atomic E-state index is 0.0594. The summed E-state index contributed by atoms with van der Waals surface area (Å²) in [6.45, 7) is 6.73. The summed E-state index contributed by atoms with van der Waals surface area (Å²) in [5.41, 5.74) is 2.52. The summed E-state index contributed by atoms with van der Waals surface area (Å²) >= 11 is 1.57. The number of ether oxygens (including phenoxy) is 2. The molecule has 2 atom stereocenters. The maximum absolute atomic E-state index is 12.3. The molecule has 1 aromatic carbocycles. The van der Waals surface area contributed by atoms with Crippen LogP contribution in [0.5, 0.6) is 11.5 Å². The second-order valence-electron chi connectivity index (χ2n) is 10.7. The lowest BCUT2D eigenvalue weighted by Crippen LogP contribution is -2.39. The number of carbonyl (C=O) groups is 1. The molecule has 1 saturated carbocycles. The number of amides is 1. The zero-order chi connectivity index (χ0) is 26.0. The van der Waals surface area contributed by atoms with Crippen LogP contribution in [0.4, 0.5) is 9.93 Å². The summed E-state index contributed by atoms with van der Waals surface area (Å²) in [7, 11) is 0. The van der Waals surface area contributed by atoms with Crippen molar-refractivity contribution in [2.75, 3.05) is 18.4 Å². The number of fused-ring (bicyclic) bond motifs is 1. The van der Waals surface area contributed by atoms with E-state index in [4.69, 9.17) is 9.47 Å². The van der Waals surface area contributed by atoms with Crippen LogP contribution in [-0.2, 0) is 4.74 Å². The van der Waals surface area contributed by atoms with Gasteiger partial charge in [0.05, 0.1) is 28.6 Å². The molecular weight excluding hydrogens is 488 g/mol. The van der Waals surface area contributed by atoms with Crippen LogP contribution in [0.1, 0.15) is 58.4 Å². The van der Waals surface area contributed by atoms with Gasteiger partial charge in [-0.1, -0.05) is 30.3 Å². The number of nitrogens with one attached hydrogen (secondary N) is 1. The van der Waals surface area contributed by atoms with Crippen molar-refractivity contribution < 1.29 is 19.4 Å². The van der Waals surface area contributed by atoms with Crippen molar-refractivity contribution in [1.29, 1.82) is 0 Å². The highest BCUT2D eigenvalue weighted by molar-refractivity contribution is 7.22. The average molecular weight is 523 g/mol. The molecule has 2 N–H and O–H groups in total. The van der Waals surface area contributed by atoms with E-state index in [2.05, 4.69) is 21.4 Å². The summed E-state index contributed by atoms with van der Waals surface area (Å²) in [6, 6.07) is 7.89. The largest absolute Gasteiger partial charge is 0.456 e. The molecule has 9 heteroatoms. The molecule has 1 fully saturated rings. The van der Waals surface area contributed by atoms with Gasteiger partial charge in [-0.3, -0.25) is 4.98 Å². The highest BCUT2D eigenvalue weighted by atomic mass is 32.1. The van der Waals surface area contributed by atoms with E-state index in [1.807, 2.05) is 51.2 Å². The van der Waals surface area contributed by atoms with Crippen molar-refractivity contribution in [3.63, 3.8) is 0 Å². The first-order valence-electron chi connectivity index (χ1n) is 12.9. The fraction of sp³-hybridized carbons (Fsp3) is 0.464. The van der Waals surface area contributed by atoms with E-state index in [9.17, 15) is 9.90 Å². The van der Waals surface area contributed by atoms with Gasteiger partial charge < -0.3 is 24.8 Å². The number of thiazole rings is 1. The molecule has 3 aromatic rings. The van der Waals surface area contributed by atoms with Crippen LogP contribution in [0.3, 0.4) is 0 Å². The molecule has 1 aliphatic heterocycles. The molecule has 0 unspecified atom stereocenters. The van der Waals surface area contributed by atoms with Crippen LogP contribution in [-0.4, -0.2) is 56.9 Å². The lowest BCUT2D eigenvalue weighted by atomic mass is 9.93. The Morgan fingerprint density at radius 3 is 2.76 bits per heavy atom. The number of benzene rings is 1. The quantitative estimate of drug-likeness (QED) is 0.410. The Labute approximate surface area is 221 Å². The second-order valence-corrected chi connectivity index (χ2v) is 11.7. The molecule has 0 radical (unpaired) electrons. The summed E-state index contributed by atoms with van der Waals surface area (Å²) in [6.07, 6.45) is 9.71. The first-order chi connectivity index (χ1) is 17.7. The van der Waals surface area contributed by atoms with E-state index >= 15 is 0 Å². The molecule has 5 rings (SSSR count). The summed E-state index contributed by atoms with van der Waals surface area (Å²) in [5, 5.41) is 14.5. The number of nitrogens with zero attached hydrogens (tertiary/aromatic N) is 3. The molecule has 2 aliphatic rings. The van der Waals surface area contributed by atoms with E-state index in [0.717, 1.165) is 58.6 Å². The SMILES string of the molecule is CC(C)(C)OC(=O)N1CC=C(c2cncc(Oc3ccc4nc(N[C@@H]5CCCC[C@H]5O)sc4c3)c2)CC1. The van der Waals surface area contributed by atoms with Crippen LogP contribution < -0.4 is 10.1 Å². The molecule has 3 heterocycles. The average Bonchev–Trinajstić information content (AvgIpc) is 3.26. The topological polar surface area (TPSA) is 96.8 Å². The van der Waals surface area contributed by atoms with Crippen LogP contribution in [0, 0.1) is 0 Å². The minimum Gasteiger partial charge on any atom is -0.456 e. The van der Waals surface area contributed by atoms with E-state index in [-0.39, 0.29) is 18.2 Å². The molecule has 0 spiro atoms.